The van der Waals surface area contributed by atoms with E-state index in [4.69, 9.17) is 4.74 Å². The van der Waals surface area contributed by atoms with Crippen molar-refractivity contribution in [3.63, 3.8) is 0 Å². The molecule has 0 aliphatic rings. The van der Waals surface area contributed by atoms with Crippen LogP contribution in [0, 0.1) is 11.8 Å². The van der Waals surface area contributed by atoms with Gasteiger partial charge in [0, 0.05) is 0 Å². The first kappa shape index (κ1) is 11.5. The van der Waals surface area contributed by atoms with Crippen molar-refractivity contribution in [2.75, 3.05) is 6.61 Å². The van der Waals surface area contributed by atoms with Gasteiger partial charge in [-0.25, -0.2) is 0 Å². The summed E-state index contributed by atoms with van der Waals surface area (Å²) in [5.74, 6) is 0.574. The van der Waals surface area contributed by atoms with Crippen LogP contribution in [0.15, 0.2) is 0 Å². The van der Waals surface area contributed by atoms with Gasteiger partial charge in [0.05, 0.1) is 12.5 Å². The van der Waals surface area contributed by atoms with Crippen LogP contribution in [0.25, 0.3) is 0 Å². The minimum absolute atomic E-state index is 0.00179. The maximum Gasteiger partial charge on any atom is 0.308 e. The fourth-order valence-corrected chi connectivity index (χ4v) is 0.731. The molecule has 0 saturated carbocycles. The van der Waals surface area contributed by atoms with Crippen molar-refractivity contribution in [3.05, 3.63) is 0 Å². The molecule has 0 aromatic rings. The summed E-state index contributed by atoms with van der Waals surface area (Å²) in [7, 11) is 0. The number of rotatable bonds is 5. The van der Waals surface area contributed by atoms with Crippen molar-refractivity contribution in [1.29, 1.82) is 0 Å². The lowest BCUT2D eigenvalue weighted by Gasteiger charge is -2.10. The van der Waals surface area contributed by atoms with Crippen molar-refractivity contribution >= 4 is 5.97 Å². The smallest absolute Gasteiger partial charge is 0.308 e. The molecule has 12 heavy (non-hydrogen) atoms. The summed E-state index contributed by atoms with van der Waals surface area (Å²) in [6.45, 7) is 8.60. The normalized spacial score (nSPS) is 13.1. The third kappa shape index (κ3) is 5.16. The SMILES string of the molecule is CC[C@H](C)CCOC(=O)C(C)C. The lowest BCUT2D eigenvalue weighted by atomic mass is 10.1. The van der Waals surface area contributed by atoms with Crippen molar-refractivity contribution < 1.29 is 9.53 Å². The van der Waals surface area contributed by atoms with Crippen LogP contribution in [0.3, 0.4) is 0 Å². The quantitative estimate of drug-likeness (QED) is 0.596. The predicted molar refractivity (Wildman–Crippen MR) is 49.9 cm³/mol. The Bertz CT molecular complexity index is 130. The van der Waals surface area contributed by atoms with Gasteiger partial charge in [0.1, 0.15) is 0 Å². The number of carbonyl (C=O) groups is 1. The standard InChI is InChI=1S/C10H20O2/c1-5-9(4)6-7-12-10(11)8(2)3/h8-9H,5-7H2,1-4H3/t9-/m0/s1. The van der Waals surface area contributed by atoms with Crippen molar-refractivity contribution in [2.45, 2.75) is 40.5 Å². The molecule has 0 amide bonds. The molecule has 72 valence electrons. The predicted octanol–water partition coefficient (Wildman–Crippen LogP) is 2.62. The Morgan fingerprint density at radius 2 is 1.92 bits per heavy atom. The van der Waals surface area contributed by atoms with Crippen LogP contribution in [-0.4, -0.2) is 12.6 Å². The first-order valence-electron chi connectivity index (χ1n) is 4.74. The highest BCUT2D eigenvalue weighted by Crippen LogP contribution is 2.06. The van der Waals surface area contributed by atoms with E-state index < -0.39 is 0 Å². The van der Waals surface area contributed by atoms with E-state index in [-0.39, 0.29) is 11.9 Å². The lowest BCUT2D eigenvalue weighted by molar-refractivity contribution is -0.147. The Hall–Kier alpha value is -0.530. The van der Waals surface area contributed by atoms with Crippen LogP contribution in [0.5, 0.6) is 0 Å². The van der Waals surface area contributed by atoms with Crippen molar-refractivity contribution in [1.82, 2.24) is 0 Å². The molecular weight excluding hydrogens is 152 g/mol. The zero-order valence-electron chi connectivity index (χ0n) is 8.59. The first-order chi connectivity index (χ1) is 5.57. The second-order valence-corrected chi connectivity index (χ2v) is 3.62. The largest absolute Gasteiger partial charge is 0.465 e. The topological polar surface area (TPSA) is 26.3 Å². The van der Waals surface area contributed by atoms with E-state index in [0.29, 0.717) is 12.5 Å². The van der Waals surface area contributed by atoms with Gasteiger partial charge in [0.15, 0.2) is 0 Å². The Kier molecular flexibility index (Phi) is 5.77. The van der Waals surface area contributed by atoms with E-state index in [1.165, 1.54) is 0 Å². The highest BCUT2D eigenvalue weighted by molar-refractivity contribution is 5.71. The summed E-state index contributed by atoms with van der Waals surface area (Å²) in [6.07, 6.45) is 2.13. The van der Waals surface area contributed by atoms with Crippen molar-refractivity contribution in [2.24, 2.45) is 11.8 Å². The van der Waals surface area contributed by atoms with Crippen molar-refractivity contribution in [3.8, 4) is 0 Å². The van der Waals surface area contributed by atoms with Gasteiger partial charge in [-0.05, 0) is 12.3 Å². The van der Waals surface area contributed by atoms with E-state index >= 15 is 0 Å². The molecule has 0 unspecified atom stereocenters. The molecule has 0 aromatic carbocycles. The molecule has 1 atom stereocenters. The second kappa shape index (κ2) is 6.04. The van der Waals surface area contributed by atoms with Crippen LogP contribution in [0.2, 0.25) is 0 Å². The molecule has 0 saturated heterocycles. The molecule has 0 heterocycles. The molecule has 0 spiro atoms. The van der Waals surface area contributed by atoms with Crippen LogP contribution in [-0.2, 0) is 9.53 Å². The third-order valence-electron chi connectivity index (χ3n) is 2.02. The maximum atomic E-state index is 11.0. The molecule has 2 heteroatoms. The average molecular weight is 172 g/mol. The maximum absolute atomic E-state index is 11.0. The summed E-state index contributed by atoms with van der Waals surface area (Å²) in [4.78, 5) is 11.0. The Balaban J connectivity index is 3.37. The highest BCUT2D eigenvalue weighted by Gasteiger charge is 2.08. The van der Waals surface area contributed by atoms with Gasteiger partial charge in [0.25, 0.3) is 0 Å². The van der Waals surface area contributed by atoms with E-state index in [0.717, 1.165) is 12.8 Å². The molecule has 0 aliphatic heterocycles. The van der Waals surface area contributed by atoms with Gasteiger partial charge in [0.2, 0.25) is 0 Å². The second-order valence-electron chi connectivity index (χ2n) is 3.62. The molecule has 0 fully saturated rings. The van der Waals surface area contributed by atoms with Gasteiger partial charge in [-0.3, -0.25) is 4.79 Å². The van der Waals surface area contributed by atoms with Gasteiger partial charge in [-0.1, -0.05) is 34.1 Å². The van der Waals surface area contributed by atoms with E-state index in [9.17, 15) is 4.79 Å². The summed E-state index contributed by atoms with van der Waals surface area (Å²) in [5.41, 5.74) is 0. The van der Waals surface area contributed by atoms with Gasteiger partial charge >= 0.3 is 5.97 Å². The van der Waals surface area contributed by atoms with E-state index in [2.05, 4.69) is 13.8 Å². The number of hydrogen-bond donors (Lipinski definition) is 0. The zero-order chi connectivity index (χ0) is 9.56. The molecular formula is C10H20O2. The van der Waals surface area contributed by atoms with Gasteiger partial charge < -0.3 is 4.74 Å². The van der Waals surface area contributed by atoms with E-state index in [1.54, 1.807) is 0 Å². The summed E-state index contributed by atoms with van der Waals surface area (Å²) >= 11 is 0. The van der Waals surface area contributed by atoms with Crippen LogP contribution >= 0.6 is 0 Å². The van der Waals surface area contributed by atoms with Gasteiger partial charge in [-0.15, -0.1) is 0 Å². The first-order valence-corrected chi connectivity index (χ1v) is 4.74. The Morgan fingerprint density at radius 1 is 1.33 bits per heavy atom. The Labute approximate surface area is 75.3 Å². The summed E-state index contributed by atoms with van der Waals surface area (Å²) in [6, 6.07) is 0. The number of carbonyl (C=O) groups excluding carboxylic acids is 1. The molecule has 0 radical (unpaired) electrons. The fourth-order valence-electron chi connectivity index (χ4n) is 0.731. The number of esters is 1. The molecule has 0 aliphatic carbocycles. The van der Waals surface area contributed by atoms with Crippen LogP contribution in [0.4, 0.5) is 0 Å². The minimum atomic E-state index is -0.0849. The highest BCUT2D eigenvalue weighted by atomic mass is 16.5. The molecule has 0 N–H and O–H groups in total. The molecule has 2 nitrogen and oxygen atoms in total. The minimum Gasteiger partial charge on any atom is -0.465 e. The molecule has 0 aromatic heterocycles. The monoisotopic (exact) mass is 172 g/mol. The lowest BCUT2D eigenvalue weighted by Crippen LogP contribution is -2.13. The van der Waals surface area contributed by atoms with Crippen LogP contribution in [0.1, 0.15) is 40.5 Å². The van der Waals surface area contributed by atoms with Crippen LogP contribution < -0.4 is 0 Å². The Morgan fingerprint density at radius 3 is 2.33 bits per heavy atom. The summed E-state index contributed by atoms with van der Waals surface area (Å²) < 4.78 is 5.04. The average Bonchev–Trinajstić information content (AvgIpc) is 2.03. The molecule has 0 rings (SSSR count). The molecule has 0 bridgehead atoms. The number of hydrogen-bond acceptors (Lipinski definition) is 2. The zero-order valence-corrected chi connectivity index (χ0v) is 8.59. The summed E-state index contributed by atoms with van der Waals surface area (Å²) in [5, 5.41) is 0. The fraction of sp³-hybridized carbons (Fsp3) is 0.900. The number of ether oxygens (including phenoxy) is 1. The van der Waals surface area contributed by atoms with Gasteiger partial charge in [-0.2, -0.15) is 0 Å². The van der Waals surface area contributed by atoms with E-state index in [1.807, 2.05) is 13.8 Å². The third-order valence-corrected chi connectivity index (χ3v) is 2.02.